The fourth-order valence-electron chi connectivity index (χ4n) is 4.94. The van der Waals surface area contributed by atoms with Gasteiger partial charge in [-0.2, -0.15) is 0 Å². The van der Waals surface area contributed by atoms with Crippen molar-refractivity contribution < 1.29 is 27.2 Å². The number of Topliss-reactive ketones (excluding diaryl/α,β-unsaturated/α-hetero) is 1. The number of carbonyl (C=O) groups excluding carboxylic acids is 2. The number of para-hydroxylation sites is 2. The normalized spacial score (nSPS) is 18.1. The molecule has 1 aliphatic carbocycles. The molecule has 2 atom stereocenters. The maximum absolute atomic E-state index is 13.7. The van der Waals surface area contributed by atoms with Crippen molar-refractivity contribution in [3.63, 3.8) is 0 Å². The number of nitrogens with one attached hydrogen (secondary N) is 2. The van der Waals surface area contributed by atoms with Crippen LogP contribution in [0.15, 0.2) is 59.0 Å². The van der Waals surface area contributed by atoms with Crippen LogP contribution in [-0.4, -0.2) is 67.9 Å². The smallest absolute Gasteiger partial charge is 0.266 e. The molecule has 2 N–H and O–H groups in total. The van der Waals surface area contributed by atoms with Gasteiger partial charge in [-0.15, -0.1) is 0 Å². The summed E-state index contributed by atoms with van der Waals surface area (Å²) in [5.74, 6) is -1.07. The van der Waals surface area contributed by atoms with E-state index in [0.717, 1.165) is 18.4 Å². The van der Waals surface area contributed by atoms with E-state index in [0.29, 0.717) is 50.0 Å². The summed E-state index contributed by atoms with van der Waals surface area (Å²) in [6.45, 7) is 1.10. The Morgan fingerprint density at radius 2 is 1.67 bits per heavy atom. The van der Waals surface area contributed by atoms with Crippen molar-refractivity contribution in [1.82, 2.24) is 15.6 Å². The SMILES string of the molecule is O=C(NC(CCc1ccccc1)C(=O)c1nc2ccccc2o1)C(CS(=O)(=O)CC1CC1)NC1CCOCC1. The molecular formula is C29H35N3O6S. The third-order valence-corrected chi connectivity index (χ3v) is 9.10. The molecule has 2 aromatic carbocycles. The molecule has 2 fully saturated rings. The lowest BCUT2D eigenvalue weighted by atomic mass is 10.0. The number of sulfone groups is 1. The lowest BCUT2D eigenvalue weighted by Crippen LogP contribution is -2.56. The number of carbonyl (C=O) groups is 2. The molecular weight excluding hydrogens is 518 g/mol. The predicted molar refractivity (Wildman–Crippen MR) is 147 cm³/mol. The summed E-state index contributed by atoms with van der Waals surface area (Å²) in [5, 5.41) is 6.13. The minimum absolute atomic E-state index is 0.0406. The van der Waals surface area contributed by atoms with Gasteiger partial charge in [-0.25, -0.2) is 13.4 Å². The van der Waals surface area contributed by atoms with E-state index in [2.05, 4.69) is 15.6 Å². The molecule has 2 aliphatic rings. The molecule has 39 heavy (non-hydrogen) atoms. The Hall–Kier alpha value is -3.08. The summed E-state index contributed by atoms with van der Waals surface area (Å²) in [6.07, 6.45) is 4.04. The van der Waals surface area contributed by atoms with Crippen LogP contribution in [0.5, 0.6) is 0 Å². The van der Waals surface area contributed by atoms with Crippen LogP contribution >= 0.6 is 0 Å². The van der Waals surface area contributed by atoms with Crippen LogP contribution in [0.3, 0.4) is 0 Å². The predicted octanol–water partition coefficient (Wildman–Crippen LogP) is 3.09. The van der Waals surface area contributed by atoms with Crippen LogP contribution in [0.25, 0.3) is 11.1 Å². The minimum atomic E-state index is -3.46. The average molecular weight is 554 g/mol. The number of ketones is 1. The number of nitrogens with zero attached hydrogens (tertiary/aromatic N) is 1. The quantitative estimate of drug-likeness (QED) is 0.309. The second-order valence-corrected chi connectivity index (χ2v) is 12.7. The minimum Gasteiger partial charge on any atom is -0.434 e. The number of amides is 1. The summed E-state index contributed by atoms with van der Waals surface area (Å²) in [4.78, 5) is 31.6. The number of rotatable bonds is 13. The van der Waals surface area contributed by atoms with E-state index in [4.69, 9.17) is 9.15 Å². The maximum atomic E-state index is 13.7. The molecule has 10 heteroatoms. The molecule has 1 aliphatic heterocycles. The van der Waals surface area contributed by atoms with Crippen molar-refractivity contribution in [3.05, 3.63) is 66.1 Å². The molecule has 2 unspecified atom stereocenters. The molecule has 1 saturated heterocycles. The Balaban J connectivity index is 1.36. The van der Waals surface area contributed by atoms with Gasteiger partial charge in [-0.05, 0) is 62.1 Å². The molecule has 1 aromatic heterocycles. The Bertz CT molecular complexity index is 1350. The highest BCUT2D eigenvalue weighted by molar-refractivity contribution is 7.91. The van der Waals surface area contributed by atoms with Crippen LogP contribution < -0.4 is 10.6 Å². The van der Waals surface area contributed by atoms with E-state index in [1.165, 1.54) is 0 Å². The fourth-order valence-corrected chi connectivity index (χ4v) is 6.88. The van der Waals surface area contributed by atoms with Gasteiger partial charge in [0.05, 0.1) is 17.5 Å². The zero-order valence-electron chi connectivity index (χ0n) is 21.9. The first-order valence-electron chi connectivity index (χ1n) is 13.6. The van der Waals surface area contributed by atoms with E-state index < -0.39 is 33.6 Å². The molecule has 1 amide bonds. The van der Waals surface area contributed by atoms with Crippen LogP contribution in [0.4, 0.5) is 0 Å². The Morgan fingerprint density at radius 3 is 2.38 bits per heavy atom. The highest BCUT2D eigenvalue weighted by atomic mass is 32.2. The number of benzene rings is 2. The Kier molecular flexibility index (Phi) is 8.74. The van der Waals surface area contributed by atoms with Crippen molar-refractivity contribution in [3.8, 4) is 0 Å². The number of hydrogen-bond acceptors (Lipinski definition) is 8. The lowest BCUT2D eigenvalue weighted by Gasteiger charge is -2.29. The standard InChI is InChI=1S/C29H35N3O6S/c33-27(29-32-23-8-4-5-9-26(23)38-29)24(13-12-20-6-2-1-3-7-20)31-28(34)25(30-22-14-16-37-17-15-22)19-39(35,36)18-21-10-11-21/h1-9,21-22,24-25,30H,10-19H2,(H,31,34). The second-order valence-electron chi connectivity index (χ2n) is 10.6. The lowest BCUT2D eigenvalue weighted by molar-refractivity contribution is -0.123. The first-order chi connectivity index (χ1) is 18.9. The zero-order valence-corrected chi connectivity index (χ0v) is 22.7. The number of aromatic nitrogens is 1. The summed E-state index contributed by atoms with van der Waals surface area (Å²) in [6, 6.07) is 14.8. The van der Waals surface area contributed by atoms with Gasteiger partial charge in [0.2, 0.25) is 11.7 Å². The fraction of sp³-hybridized carbons (Fsp3) is 0.483. The van der Waals surface area contributed by atoms with Gasteiger partial charge in [-0.1, -0.05) is 42.5 Å². The molecule has 0 spiro atoms. The first kappa shape index (κ1) is 27.5. The summed E-state index contributed by atoms with van der Waals surface area (Å²) in [7, 11) is -3.46. The molecule has 208 valence electrons. The number of fused-ring (bicyclic) bond motifs is 1. The second kappa shape index (κ2) is 12.4. The van der Waals surface area contributed by atoms with Gasteiger partial charge < -0.3 is 19.8 Å². The van der Waals surface area contributed by atoms with E-state index in [9.17, 15) is 18.0 Å². The van der Waals surface area contributed by atoms with Crippen molar-refractivity contribution in [2.75, 3.05) is 24.7 Å². The molecule has 5 rings (SSSR count). The Morgan fingerprint density at radius 1 is 0.949 bits per heavy atom. The highest BCUT2D eigenvalue weighted by Crippen LogP contribution is 2.30. The first-order valence-corrected chi connectivity index (χ1v) is 15.5. The van der Waals surface area contributed by atoms with Gasteiger partial charge in [0.15, 0.2) is 15.4 Å². The van der Waals surface area contributed by atoms with Gasteiger partial charge in [0, 0.05) is 19.3 Å². The topological polar surface area (TPSA) is 128 Å². The summed E-state index contributed by atoms with van der Waals surface area (Å²) < 4.78 is 37.1. The summed E-state index contributed by atoms with van der Waals surface area (Å²) >= 11 is 0. The third kappa shape index (κ3) is 7.74. The van der Waals surface area contributed by atoms with Crippen molar-refractivity contribution in [1.29, 1.82) is 0 Å². The van der Waals surface area contributed by atoms with Crippen molar-refractivity contribution >= 4 is 32.6 Å². The van der Waals surface area contributed by atoms with Crippen LogP contribution in [0.2, 0.25) is 0 Å². The Labute approximate surface area is 228 Å². The molecule has 1 saturated carbocycles. The molecule has 0 radical (unpaired) electrons. The van der Waals surface area contributed by atoms with Crippen LogP contribution in [-0.2, 0) is 25.8 Å². The van der Waals surface area contributed by atoms with Gasteiger partial charge in [0.1, 0.15) is 11.6 Å². The number of oxazole rings is 1. The van der Waals surface area contributed by atoms with E-state index >= 15 is 0 Å². The molecule has 2 heterocycles. The van der Waals surface area contributed by atoms with Crippen molar-refractivity contribution in [2.24, 2.45) is 5.92 Å². The number of aryl methyl sites for hydroxylation is 1. The maximum Gasteiger partial charge on any atom is 0.266 e. The van der Waals surface area contributed by atoms with Crippen molar-refractivity contribution in [2.45, 2.75) is 56.7 Å². The zero-order chi connectivity index (χ0) is 27.2. The largest absolute Gasteiger partial charge is 0.434 e. The highest BCUT2D eigenvalue weighted by Gasteiger charge is 2.35. The average Bonchev–Trinajstić information content (AvgIpc) is 3.63. The summed E-state index contributed by atoms with van der Waals surface area (Å²) in [5.41, 5.74) is 2.06. The van der Waals surface area contributed by atoms with E-state index in [-0.39, 0.29) is 29.4 Å². The molecule has 3 aromatic rings. The molecule has 9 nitrogen and oxygen atoms in total. The number of hydrogen-bond donors (Lipinski definition) is 2. The van der Waals surface area contributed by atoms with E-state index in [1.807, 2.05) is 36.4 Å². The van der Waals surface area contributed by atoms with Gasteiger partial charge >= 0.3 is 0 Å². The molecule has 0 bridgehead atoms. The van der Waals surface area contributed by atoms with Crippen LogP contribution in [0, 0.1) is 5.92 Å². The van der Waals surface area contributed by atoms with Gasteiger partial charge in [-0.3, -0.25) is 9.59 Å². The number of ether oxygens (including phenoxy) is 1. The van der Waals surface area contributed by atoms with Crippen LogP contribution in [0.1, 0.15) is 48.4 Å². The van der Waals surface area contributed by atoms with E-state index in [1.54, 1.807) is 18.2 Å². The third-order valence-electron chi connectivity index (χ3n) is 7.28. The monoisotopic (exact) mass is 553 g/mol. The van der Waals surface area contributed by atoms with Gasteiger partial charge in [0.25, 0.3) is 5.89 Å².